The van der Waals surface area contributed by atoms with E-state index in [1.54, 1.807) is 25.1 Å². The molecule has 18 heavy (non-hydrogen) atoms. The third-order valence-corrected chi connectivity index (χ3v) is 2.26. The van der Waals surface area contributed by atoms with Crippen molar-refractivity contribution in [2.24, 2.45) is 0 Å². The van der Waals surface area contributed by atoms with Gasteiger partial charge in [-0.2, -0.15) is 0 Å². The summed E-state index contributed by atoms with van der Waals surface area (Å²) in [5.74, 6) is -0.330. The number of hydrogen-bond acceptors (Lipinski definition) is 4. The molecule has 0 aliphatic carbocycles. The number of amides is 1. The van der Waals surface area contributed by atoms with Crippen LogP contribution < -0.4 is 0 Å². The van der Waals surface area contributed by atoms with Gasteiger partial charge in [0.2, 0.25) is 0 Å². The molecule has 1 amide bonds. The molecule has 1 rings (SSSR count). The van der Waals surface area contributed by atoms with E-state index in [-0.39, 0.29) is 30.6 Å². The normalized spacial score (nSPS) is 9.83. The van der Waals surface area contributed by atoms with Crippen molar-refractivity contribution < 1.29 is 18.7 Å². The van der Waals surface area contributed by atoms with E-state index in [1.807, 2.05) is 0 Å². The molecule has 0 aliphatic heterocycles. The van der Waals surface area contributed by atoms with Crippen LogP contribution in [0.15, 0.2) is 35.5 Å². The number of furan rings is 1. The van der Waals surface area contributed by atoms with Crippen LogP contribution in [0.3, 0.4) is 0 Å². The van der Waals surface area contributed by atoms with Crippen LogP contribution in [0.5, 0.6) is 0 Å². The van der Waals surface area contributed by atoms with E-state index in [0.717, 1.165) is 0 Å². The Labute approximate surface area is 106 Å². The maximum atomic E-state index is 12.0. The molecule has 0 saturated heterocycles. The Bertz CT molecular complexity index is 397. The van der Waals surface area contributed by atoms with Crippen LogP contribution in [0.1, 0.15) is 23.9 Å². The molecule has 0 radical (unpaired) electrons. The Hall–Kier alpha value is -2.04. The summed E-state index contributed by atoms with van der Waals surface area (Å²) in [6, 6.07) is 3.23. The van der Waals surface area contributed by atoms with Crippen molar-refractivity contribution in [2.75, 3.05) is 19.7 Å². The maximum absolute atomic E-state index is 12.0. The second-order valence-electron chi connectivity index (χ2n) is 3.57. The van der Waals surface area contributed by atoms with Gasteiger partial charge in [0, 0.05) is 13.1 Å². The molecule has 0 saturated carbocycles. The number of ether oxygens (including phenoxy) is 1. The Balaban J connectivity index is 2.57. The highest BCUT2D eigenvalue weighted by Crippen LogP contribution is 2.06. The monoisotopic (exact) mass is 251 g/mol. The first-order valence-electron chi connectivity index (χ1n) is 5.78. The van der Waals surface area contributed by atoms with Crippen molar-refractivity contribution in [2.45, 2.75) is 13.3 Å². The van der Waals surface area contributed by atoms with Gasteiger partial charge in [0.15, 0.2) is 5.76 Å². The lowest BCUT2D eigenvalue weighted by atomic mass is 10.3. The Kier molecular flexibility index (Phi) is 5.70. The van der Waals surface area contributed by atoms with Gasteiger partial charge in [0.05, 0.1) is 19.3 Å². The van der Waals surface area contributed by atoms with Crippen LogP contribution in [0.2, 0.25) is 0 Å². The molecule has 0 spiro atoms. The number of nitrogens with zero attached hydrogens (tertiary/aromatic N) is 1. The zero-order chi connectivity index (χ0) is 13.4. The first-order chi connectivity index (χ1) is 8.69. The van der Waals surface area contributed by atoms with Gasteiger partial charge in [-0.15, -0.1) is 6.58 Å². The summed E-state index contributed by atoms with van der Waals surface area (Å²) in [4.78, 5) is 24.7. The van der Waals surface area contributed by atoms with Crippen molar-refractivity contribution in [3.05, 3.63) is 36.8 Å². The minimum absolute atomic E-state index is 0.161. The molecule has 1 aromatic heterocycles. The third-order valence-electron chi connectivity index (χ3n) is 2.26. The maximum Gasteiger partial charge on any atom is 0.307 e. The molecule has 5 heteroatoms. The van der Waals surface area contributed by atoms with Gasteiger partial charge in [0.25, 0.3) is 5.91 Å². The van der Waals surface area contributed by atoms with Gasteiger partial charge >= 0.3 is 5.97 Å². The lowest BCUT2D eigenvalue weighted by molar-refractivity contribution is -0.143. The van der Waals surface area contributed by atoms with Crippen molar-refractivity contribution in [1.29, 1.82) is 0 Å². The van der Waals surface area contributed by atoms with Crippen LogP contribution in [-0.4, -0.2) is 36.5 Å². The van der Waals surface area contributed by atoms with Crippen LogP contribution in [-0.2, 0) is 9.53 Å². The van der Waals surface area contributed by atoms with Crippen molar-refractivity contribution in [3.8, 4) is 0 Å². The molecule has 0 unspecified atom stereocenters. The molecule has 0 bridgehead atoms. The summed E-state index contributed by atoms with van der Waals surface area (Å²) in [6.45, 7) is 6.31. The Morgan fingerprint density at radius 1 is 1.56 bits per heavy atom. The summed E-state index contributed by atoms with van der Waals surface area (Å²) < 4.78 is 9.85. The molecule has 98 valence electrons. The molecule has 0 aliphatic rings. The second kappa shape index (κ2) is 7.32. The summed E-state index contributed by atoms with van der Waals surface area (Å²) in [7, 11) is 0. The van der Waals surface area contributed by atoms with Gasteiger partial charge < -0.3 is 14.1 Å². The number of esters is 1. The SMILES string of the molecule is C=CCN(CCC(=O)OCC)C(=O)c1ccco1. The van der Waals surface area contributed by atoms with E-state index in [9.17, 15) is 9.59 Å². The first kappa shape index (κ1) is 14.0. The van der Waals surface area contributed by atoms with Gasteiger partial charge in [-0.1, -0.05) is 6.08 Å². The van der Waals surface area contributed by atoms with E-state index in [2.05, 4.69) is 6.58 Å². The minimum Gasteiger partial charge on any atom is -0.466 e. The highest BCUT2D eigenvalue weighted by molar-refractivity contribution is 5.91. The van der Waals surface area contributed by atoms with Crippen molar-refractivity contribution in [1.82, 2.24) is 4.90 Å². The lowest BCUT2D eigenvalue weighted by Gasteiger charge is -2.19. The number of carbonyl (C=O) groups is 2. The van der Waals surface area contributed by atoms with Crippen LogP contribution in [0.4, 0.5) is 0 Å². The minimum atomic E-state index is -0.321. The molecule has 5 nitrogen and oxygen atoms in total. The second-order valence-corrected chi connectivity index (χ2v) is 3.57. The lowest BCUT2D eigenvalue weighted by Crippen LogP contribution is -2.33. The zero-order valence-corrected chi connectivity index (χ0v) is 10.4. The molecule has 0 atom stereocenters. The van der Waals surface area contributed by atoms with E-state index >= 15 is 0 Å². The van der Waals surface area contributed by atoms with E-state index < -0.39 is 0 Å². The van der Waals surface area contributed by atoms with Crippen molar-refractivity contribution in [3.63, 3.8) is 0 Å². The Morgan fingerprint density at radius 2 is 2.33 bits per heavy atom. The predicted molar refractivity (Wildman–Crippen MR) is 66.1 cm³/mol. The molecular formula is C13H17NO4. The summed E-state index contributed by atoms with van der Waals surface area (Å²) in [6.07, 6.45) is 3.20. The predicted octanol–water partition coefficient (Wildman–Crippen LogP) is 1.86. The number of carbonyl (C=O) groups excluding carboxylic acids is 2. The van der Waals surface area contributed by atoms with E-state index in [4.69, 9.17) is 9.15 Å². The topological polar surface area (TPSA) is 59.8 Å². The largest absolute Gasteiger partial charge is 0.466 e. The summed E-state index contributed by atoms with van der Waals surface area (Å²) in [5, 5.41) is 0. The average Bonchev–Trinajstić information content (AvgIpc) is 2.87. The quantitative estimate of drug-likeness (QED) is 0.548. The third kappa shape index (κ3) is 4.08. The standard InChI is InChI=1S/C13H17NO4/c1-3-8-14(9-7-12(15)17-4-2)13(16)11-6-5-10-18-11/h3,5-6,10H,1,4,7-9H2,2H3. The Morgan fingerprint density at radius 3 is 2.89 bits per heavy atom. The fraction of sp³-hybridized carbons (Fsp3) is 0.385. The highest BCUT2D eigenvalue weighted by Gasteiger charge is 2.18. The van der Waals surface area contributed by atoms with Gasteiger partial charge in [-0.3, -0.25) is 9.59 Å². The van der Waals surface area contributed by atoms with Crippen LogP contribution in [0.25, 0.3) is 0 Å². The van der Waals surface area contributed by atoms with Gasteiger partial charge in [-0.05, 0) is 19.1 Å². The van der Waals surface area contributed by atoms with Crippen LogP contribution >= 0.6 is 0 Å². The van der Waals surface area contributed by atoms with Crippen LogP contribution in [0, 0.1) is 0 Å². The average molecular weight is 251 g/mol. The summed E-state index contributed by atoms with van der Waals surface area (Å²) >= 11 is 0. The van der Waals surface area contributed by atoms with Crippen molar-refractivity contribution >= 4 is 11.9 Å². The number of hydrogen-bond donors (Lipinski definition) is 0. The fourth-order valence-corrected chi connectivity index (χ4v) is 1.45. The smallest absolute Gasteiger partial charge is 0.307 e. The van der Waals surface area contributed by atoms with Gasteiger partial charge in [0.1, 0.15) is 0 Å². The molecular weight excluding hydrogens is 234 g/mol. The molecule has 0 aromatic carbocycles. The molecule has 1 aromatic rings. The first-order valence-corrected chi connectivity index (χ1v) is 5.78. The summed E-state index contributed by atoms with van der Waals surface area (Å²) in [5.41, 5.74) is 0. The molecule has 0 N–H and O–H groups in total. The molecule has 1 heterocycles. The number of rotatable bonds is 7. The highest BCUT2D eigenvalue weighted by atomic mass is 16.5. The molecule has 0 fully saturated rings. The zero-order valence-electron chi connectivity index (χ0n) is 10.4. The van der Waals surface area contributed by atoms with E-state index in [0.29, 0.717) is 13.2 Å². The fourth-order valence-electron chi connectivity index (χ4n) is 1.45. The van der Waals surface area contributed by atoms with E-state index in [1.165, 1.54) is 11.2 Å². The van der Waals surface area contributed by atoms with Gasteiger partial charge in [-0.25, -0.2) is 0 Å².